The van der Waals surface area contributed by atoms with E-state index in [1.54, 1.807) is 19.1 Å². The summed E-state index contributed by atoms with van der Waals surface area (Å²) in [7, 11) is 0. The second kappa shape index (κ2) is 8.94. The Morgan fingerprint density at radius 2 is 2.00 bits per heavy atom. The third-order valence-electron chi connectivity index (χ3n) is 4.06. The van der Waals surface area contributed by atoms with Gasteiger partial charge in [-0.05, 0) is 44.9 Å². The van der Waals surface area contributed by atoms with Crippen LogP contribution in [0.4, 0.5) is 4.79 Å². The number of ether oxygens (including phenoxy) is 2. The van der Waals surface area contributed by atoms with Crippen LogP contribution in [0, 0.1) is 0 Å². The zero-order valence-corrected chi connectivity index (χ0v) is 16.3. The highest BCUT2D eigenvalue weighted by Crippen LogP contribution is 2.40. The van der Waals surface area contributed by atoms with Crippen molar-refractivity contribution in [2.45, 2.75) is 46.6 Å². The molecule has 142 valence electrons. The molecule has 0 saturated carbocycles. The van der Waals surface area contributed by atoms with Gasteiger partial charge in [-0.15, -0.1) is 0 Å². The number of carbonyl (C=O) groups excluding carboxylic acids is 2. The maximum atomic E-state index is 12.1. The molecule has 1 aliphatic heterocycles. The Kier molecular flexibility index (Phi) is 6.91. The fourth-order valence-corrected chi connectivity index (χ4v) is 3.16. The van der Waals surface area contributed by atoms with Crippen LogP contribution in [0.2, 0.25) is 5.02 Å². The van der Waals surface area contributed by atoms with Gasteiger partial charge in [0.15, 0.2) is 17.3 Å². The molecule has 1 aromatic rings. The van der Waals surface area contributed by atoms with Crippen molar-refractivity contribution < 1.29 is 19.1 Å². The first-order chi connectivity index (χ1) is 12.4. The lowest BCUT2D eigenvalue weighted by molar-refractivity contribution is -0.114. The summed E-state index contributed by atoms with van der Waals surface area (Å²) in [6, 6.07) is 2.51. The molecule has 2 rings (SSSR count). The molecule has 1 heterocycles. The third-order valence-corrected chi connectivity index (χ3v) is 4.34. The highest BCUT2D eigenvalue weighted by atomic mass is 35.5. The highest BCUT2D eigenvalue weighted by Gasteiger charge is 2.30. The molecule has 1 atom stereocenters. The van der Waals surface area contributed by atoms with E-state index in [9.17, 15) is 9.59 Å². The van der Waals surface area contributed by atoms with Gasteiger partial charge in [-0.25, -0.2) is 4.79 Å². The SMILES string of the molecule is CCCCOc1c(Cl)cc([C@H]2NC(=O)NC(C)=C2C(C)=O)cc1OCC. The van der Waals surface area contributed by atoms with Gasteiger partial charge in [0.1, 0.15) is 0 Å². The summed E-state index contributed by atoms with van der Waals surface area (Å²) in [4.78, 5) is 24.0. The Morgan fingerprint density at radius 3 is 2.62 bits per heavy atom. The minimum atomic E-state index is -0.595. The normalized spacial score (nSPS) is 16.8. The van der Waals surface area contributed by atoms with Crippen molar-refractivity contribution in [1.29, 1.82) is 0 Å². The molecular formula is C19H25ClN2O4. The smallest absolute Gasteiger partial charge is 0.319 e. The predicted octanol–water partition coefficient (Wildman–Crippen LogP) is 4.13. The number of unbranched alkanes of at least 4 members (excludes halogenated alkanes) is 1. The van der Waals surface area contributed by atoms with Crippen LogP contribution in [0.15, 0.2) is 23.4 Å². The number of hydrogen-bond acceptors (Lipinski definition) is 4. The summed E-state index contributed by atoms with van der Waals surface area (Å²) in [5.74, 6) is 0.854. The fraction of sp³-hybridized carbons (Fsp3) is 0.474. The summed E-state index contributed by atoms with van der Waals surface area (Å²) in [5.41, 5.74) is 1.69. The highest BCUT2D eigenvalue weighted by molar-refractivity contribution is 6.32. The first kappa shape index (κ1) is 20.1. The summed E-state index contributed by atoms with van der Waals surface area (Å²) in [6.07, 6.45) is 1.91. The Morgan fingerprint density at radius 1 is 1.27 bits per heavy atom. The van der Waals surface area contributed by atoms with Gasteiger partial charge in [-0.3, -0.25) is 4.79 Å². The Bertz CT molecular complexity index is 730. The first-order valence-electron chi connectivity index (χ1n) is 8.77. The van der Waals surface area contributed by atoms with Crippen LogP contribution in [-0.4, -0.2) is 25.0 Å². The number of carbonyl (C=O) groups is 2. The number of amides is 2. The lowest BCUT2D eigenvalue weighted by Gasteiger charge is -2.28. The molecule has 0 spiro atoms. The van der Waals surface area contributed by atoms with Crippen molar-refractivity contribution in [1.82, 2.24) is 10.6 Å². The van der Waals surface area contributed by atoms with Gasteiger partial charge in [0, 0.05) is 11.3 Å². The number of urea groups is 1. The van der Waals surface area contributed by atoms with Gasteiger partial charge in [0.05, 0.1) is 24.3 Å². The number of rotatable bonds is 8. The van der Waals surface area contributed by atoms with E-state index in [-0.39, 0.29) is 11.8 Å². The monoisotopic (exact) mass is 380 g/mol. The lowest BCUT2D eigenvalue weighted by atomic mass is 9.93. The summed E-state index contributed by atoms with van der Waals surface area (Å²) in [5, 5.41) is 5.79. The molecule has 0 radical (unpaired) electrons. The maximum absolute atomic E-state index is 12.1. The molecule has 2 N–H and O–H groups in total. The van der Waals surface area contributed by atoms with Crippen LogP contribution in [0.5, 0.6) is 11.5 Å². The number of hydrogen-bond donors (Lipinski definition) is 2. The number of allylic oxidation sites excluding steroid dienone is 1. The second-order valence-corrected chi connectivity index (χ2v) is 6.50. The molecule has 0 saturated heterocycles. The van der Waals surface area contributed by atoms with E-state index in [1.165, 1.54) is 6.92 Å². The molecule has 7 heteroatoms. The van der Waals surface area contributed by atoms with Crippen molar-refractivity contribution in [2.24, 2.45) is 0 Å². The molecule has 1 aromatic carbocycles. The Labute approximate surface area is 158 Å². The average Bonchev–Trinajstić information content (AvgIpc) is 2.56. The zero-order chi connectivity index (χ0) is 19.3. The molecule has 0 unspecified atom stereocenters. The standard InChI is InChI=1S/C19H25ClN2O4/c1-5-7-8-26-18-14(20)9-13(10-15(18)25-6-2)17-16(12(4)23)11(3)21-19(24)22-17/h9-10,17H,5-8H2,1-4H3,(H2,21,22,24)/t17-/m1/s1. The molecule has 0 fully saturated rings. The molecule has 0 bridgehead atoms. The molecule has 6 nitrogen and oxygen atoms in total. The molecule has 1 aliphatic rings. The molecule has 0 aromatic heterocycles. The van der Waals surface area contributed by atoms with Gasteiger partial charge < -0.3 is 20.1 Å². The van der Waals surface area contributed by atoms with Crippen LogP contribution in [-0.2, 0) is 4.79 Å². The number of nitrogens with one attached hydrogen (secondary N) is 2. The predicted molar refractivity (Wildman–Crippen MR) is 101 cm³/mol. The maximum Gasteiger partial charge on any atom is 0.319 e. The first-order valence-corrected chi connectivity index (χ1v) is 9.15. The summed E-state index contributed by atoms with van der Waals surface area (Å²) in [6.45, 7) is 8.10. The topological polar surface area (TPSA) is 76.7 Å². The summed E-state index contributed by atoms with van der Waals surface area (Å²) >= 11 is 6.43. The molecule has 2 amide bonds. The van der Waals surface area contributed by atoms with E-state index < -0.39 is 6.04 Å². The number of Topliss-reactive ketones (excluding diaryl/α,β-unsaturated/α-hetero) is 1. The van der Waals surface area contributed by atoms with E-state index in [0.717, 1.165) is 12.8 Å². The van der Waals surface area contributed by atoms with E-state index in [2.05, 4.69) is 17.6 Å². The number of ketones is 1. The van der Waals surface area contributed by atoms with Crippen molar-refractivity contribution in [3.8, 4) is 11.5 Å². The van der Waals surface area contributed by atoms with Crippen molar-refractivity contribution in [2.75, 3.05) is 13.2 Å². The van der Waals surface area contributed by atoms with E-state index in [0.29, 0.717) is 46.6 Å². The van der Waals surface area contributed by atoms with Crippen LogP contribution in [0.1, 0.15) is 52.1 Å². The molecule has 0 aliphatic carbocycles. The van der Waals surface area contributed by atoms with Gasteiger partial charge in [0.2, 0.25) is 0 Å². The minimum absolute atomic E-state index is 0.127. The van der Waals surface area contributed by atoms with Crippen LogP contribution >= 0.6 is 11.6 Å². The Balaban J connectivity index is 2.47. The number of benzene rings is 1. The third kappa shape index (κ3) is 4.49. The van der Waals surface area contributed by atoms with Crippen molar-refractivity contribution in [3.05, 3.63) is 34.0 Å². The van der Waals surface area contributed by atoms with Crippen LogP contribution in [0.25, 0.3) is 0 Å². The van der Waals surface area contributed by atoms with Gasteiger partial charge in [-0.2, -0.15) is 0 Å². The van der Waals surface area contributed by atoms with E-state index >= 15 is 0 Å². The number of halogens is 1. The molecular weight excluding hydrogens is 356 g/mol. The van der Waals surface area contributed by atoms with Crippen LogP contribution < -0.4 is 20.1 Å². The Hall–Kier alpha value is -2.21. The molecule has 26 heavy (non-hydrogen) atoms. The zero-order valence-electron chi connectivity index (χ0n) is 15.6. The van der Waals surface area contributed by atoms with E-state index in [1.807, 2.05) is 6.92 Å². The quantitative estimate of drug-likeness (QED) is 0.664. The second-order valence-electron chi connectivity index (χ2n) is 6.09. The van der Waals surface area contributed by atoms with E-state index in [4.69, 9.17) is 21.1 Å². The van der Waals surface area contributed by atoms with Gasteiger partial charge in [0.25, 0.3) is 0 Å². The van der Waals surface area contributed by atoms with Crippen molar-refractivity contribution in [3.63, 3.8) is 0 Å². The van der Waals surface area contributed by atoms with Gasteiger partial charge in [-0.1, -0.05) is 24.9 Å². The fourth-order valence-electron chi connectivity index (χ4n) is 2.89. The van der Waals surface area contributed by atoms with Gasteiger partial charge >= 0.3 is 6.03 Å². The lowest BCUT2D eigenvalue weighted by Crippen LogP contribution is -2.44. The van der Waals surface area contributed by atoms with Crippen LogP contribution in [0.3, 0.4) is 0 Å². The minimum Gasteiger partial charge on any atom is -0.490 e. The largest absolute Gasteiger partial charge is 0.490 e. The average molecular weight is 381 g/mol. The van der Waals surface area contributed by atoms with Crippen molar-refractivity contribution >= 4 is 23.4 Å². The summed E-state index contributed by atoms with van der Waals surface area (Å²) < 4.78 is 11.5.